The molecule has 1 aliphatic rings. The Hall–Kier alpha value is -2.51. The van der Waals surface area contributed by atoms with Crippen LogP contribution in [0.4, 0.5) is 8.78 Å². The fourth-order valence-electron chi connectivity index (χ4n) is 3.87. The number of aryl methyl sites for hydroxylation is 1. The molecule has 1 unspecified atom stereocenters. The highest BCUT2D eigenvalue weighted by molar-refractivity contribution is 7.90. The number of hydrogen-bond donors (Lipinski definition) is 1. The first-order valence-corrected chi connectivity index (χ1v) is 10.5. The van der Waals surface area contributed by atoms with Crippen molar-refractivity contribution in [3.63, 3.8) is 0 Å². The number of rotatable bonds is 4. The standard InChI is InChI=1S/C21H20F2N2O2S/c1-13-6-7-17(19(23)10-13)21-16-8-9-20(24-2)18(16)12-25(21)28(26,27)15-5-3-4-14(22)11-15/h3-7,10-12,20,24H,8-9H2,1-2H3. The van der Waals surface area contributed by atoms with Gasteiger partial charge in [-0.05, 0) is 73.8 Å². The summed E-state index contributed by atoms with van der Waals surface area (Å²) in [5.41, 5.74) is 2.93. The van der Waals surface area contributed by atoms with Crippen molar-refractivity contribution in [1.82, 2.24) is 9.29 Å². The van der Waals surface area contributed by atoms with Crippen molar-refractivity contribution in [2.75, 3.05) is 7.05 Å². The first-order chi connectivity index (χ1) is 13.3. The van der Waals surface area contributed by atoms with Gasteiger partial charge in [0.25, 0.3) is 10.0 Å². The number of hydrogen-bond acceptors (Lipinski definition) is 3. The Kier molecular flexibility index (Phi) is 4.59. The predicted octanol–water partition coefficient (Wildman–Crippen LogP) is 4.19. The van der Waals surface area contributed by atoms with Gasteiger partial charge in [-0.1, -0.05) is 12.1 Å². The van der Waals surface area contributed by atoms with E-state index in [4.69, 9.17) is 0 Å². The van der Waals surface area contributed by atoms with Crippen LogP contribution in [0.25, 0.3) is 11.3 Å². The smallest absolute Gasteiger partial charge is 0.268 e. The maximum Gasteiger partial charge on any atom is 0.268 e. The van der Waals surface area contributed by atoms with Gasteiger partial charge in [-0.2, -0.15) is 0 Å². The molecule has 1 atom stereocenters. The topological polar surface area (TPSA) is 51.1 Å². The van der Waals surface area contributed by atoms with Crippen LogP contribution in [0.3, 0.4) is 0 Å². The molecule has 1 N–H and O–H groups in total. The molecule has 3 aromatic rings. The van der Waals surface area contributed by atoms with Gasteiger partial charge in [0.15, 0.2) is 0 Å². The zero-order valence-electron chi connectivity index (χ0n) is 15.5. The molecule has 0 saturated carbocycles. The second-order valence-electron chi connectivity index (χ2n) is 7.03. The molecule has 7 heteroatoms. The van der Waals surface area contributed by atoms with Gasteiger partial charge in [-0.25, -0.2) is 21.2 Å². The molecule has 1 heterocycles. The normalized spacial score (nSPS) is 16.4. The largest absolute Gasteiger partial charge is 0.313 e. The van der Waals surface area contributed by atoms with E-state index < -0.39 is 21.7 Å². The minimum Gasteiger partial charge on any atom is -0.313 e. The number of aromatic nitrogens is 1. The monoisotopic (exact) mass is 402 g/mol. The zero-order chi connectivity index (χ0) is 20.1. The van der Waals surface area contributed by atoms with Gasteiger partial charge in [0.05, 0.1) is 10.6 Å². The predicted molar refractivity (Wildman–Crippen MR) is 104 cm³/mol. The quantitative estimate of drug-likeness (QED) is 0.712. The summed E-state index contributed by atoms with van der Waals surface area (Å²) in [5.74, 6) is -1.12. The minimum absolute atomic E-state index is 0.00813. The molecule has 0 bridgehead atoms. The van der Waals surface area contributed by atoms with Crippen LogP contribution >= 0.6 is 0 Å². The van der Waals surface area contributed by atoms with E-state index in [9.17, 15) is 17.2 Å². The number of halogens is 2. The summed E-state index contributed by atoms with van der Waals surface area (Å²) in [4.78, 5) is -0.170. The molecule has 28 heavy (non-hydrogen) atoms. The Balaban J connectivity index is 2.00. The van der Waals surface area contributed by atoms with Crippen molar-refractivity contribution >= 4 is 10.0 Å². The Morgan fingerprint density at radius 2 is 1.93 bits per heavy atom. The molecule has 146 valence electrons. The maximum atomic E-state index is 14.8. The van der Waals surface area contributed by atoms with Gasteiger partial charge in [-0.15, -0.1) is 0 Å². The van der Waals surface area contributed by atoms with E-state index in [0.717, 1.165) is 33.1 Å². The number of nitrogens with one attached hydrogen (secondary N) is 1. The molecule has 0 radical (unpaired) electrons. The molecule has 0 spiro atoms. The summed E-state index contributed by atoms with van der Waals surface area (Å²) in [6.45, 7) is 1.77. The molecular weight excluding hydrogens is 382 g/mol. The lowest BCUT2D eigenvalue weighted by atomic mass is 10.0. The van der Waals surface area contributed by atoms with E-state index in [-0.39, 0.29) is 16.5 Å². The third-order valence-electron chi connectivity index (χ3n) is 5.25. The van der Waals surface area contributed by atoms with E-state index in [1.165, 1.54) is 24.3 Å². The lowest BCUT2D eigenvalue weighted by Crippen LogP contribution is -2.16. The Morgan fingerprint density at radius 3 is 2.61 bits per heavy atom. The van der Waals surface area contributed by atoms with Crippen molar-refractivity contribution in [3.05, 3.63) is 77.0 Å². The molecule has 1 aromatic heterocycles. The van der Waals surface area contributed by atoms with Crippen molar-refractivity contribution in [2.45, 2.75) is 30.7 Å². The molecule has 2 aromatic carbocycles. The van der Waals surface area contributed by atoms with E-state index >= 15 is 0 Å². The van der Waals surface area contributed by atoms with Crippen LogP contribution in [0.2, 0.25) is 0 Å². The average Bonchev–Trinajstić information content (AvgIpc) is 3.21. The van der Waals surface area contributed by atoms with Gasteiger partial charge >= 0.3 is 0 Å². The Labute approximate surface area is 162 Å². The summed E-state index contributed by atoms with van der Waals surface area (Å²) >= 11 is 0. The highest BCUT2D eigenvalue weighted by atomic mass is 32.2. The minimum atomic E-state index is -4.09. The van der Waals surface area contributed by atoms with Gasteiger partial charge in [0.1, 0.15) is 11.6 Å². The van der Waals surface area contributed by atoms with Gasteiger partial charge in [0, 0.05) is 17.8 Å². The molecular formula is C21H20F2N2O2S. The van der Waals surface area contributed by atoms with Crippen LogP contribution in [0.15, 0.2) is 53.6 Å². The second-order valence-corrected chi connectivity index (χ2v) is 8.85. The molecule has 0 fully saturated rings. The van der Waals surface area contributed by atoms with E-state index in [0.29, 0.717) is 12.1 Å². The molecule has 4 rings (SSSR count). The fourth-order valence-corrected chi connectivity index (χ4v) is 5.31. The lowest BCUT2D eigenvalue weighted by Gasteiger charge is -2.14. The third-order valence-corrected chi connectivity index (χ3v) is 6.91. The average molecular weight is 402 g/mol. The van der Waals surface area contributed by atoms with Crippen LogP contribution in [0, 0.1) is 18.6 Å². The van der Waals surface area contributed by atoms with Crippen LogP contribution in [0.5, 0.6) is 0 Å². The molecule has 0 saturated heterocycles. The van der Waals surface area contributed by atoms with Crippen molar-refractivity contribution in [3.8, 4) is 11.3 Å². The highest BCUT2D eigenvalue weighted by Crippen LogP contribution is 2.41. The maximum absolute atomic E-state index is 14.8. The van der Waals surface area contributed by atoms with Crippen LogP contribution in [0.1, 0.15) is 29.2 Å². The van der Waals surface area contributed by atoms with Crippen molar-refractivity contribution in [1.29, 1.82) is 0 Å². The fraction of sp³-hybridized carbons (Fsp3) is 0.238. The molecule has 1 aliphatic carbocycles. The summed E-state index contributed by atoms with van der Waals surface area (Å²) < 4.78 is 56.2. The van der Waals surface area contributed by atoms with Crippen molar-refractivity contribution in [2.24, 2.45) is 0 Å². The third kappa shape index (κ3) is 2.95. The summed E-state index contributed by atoms with van der Waals surface area (Å²) in [5, 5.41) is 3.17. The molecule has 4 nitrogen and oxygen atoms in total. The first-order valence-electron chi connectivity index (χ1n) is 9.02. The van der Waals surface area contributed by atoms with E-state index in [1.54, 1.807) is 25.3 Å². The van der Waals surface area contributed by atoms with Crippen LogP contribution < -0.4 is 5.32 Å². The van der Waals surface area contributed by atoms with E-state index in [1.807, 2.05) is 7.05 Å². The number of nitrogens with zero attached hydrogens (tertiary/aromatic N) is 1. The molecule has 0 aliphatic heterocycles. The Bertz CT molecular complexity index is 1170. The number of fused-ring (bicyclic) bond motifs is 1. The summed E-state index contributed by atoms with van der Waals surface area (Å²) in [7, 11) is -2.28. The Morgan fingerprint density at radius 1 is 1.14 bits per heavy atom. The van der Waals surface area contributed by atoms with Crippen molar-refractivity contribution < 1.29 is 17.2 Å². The van der Waals surface area contributed by atoms with Crippen LogP contribution in [-0.2, 0) is 16.4 Å². The van der Waals surface area contributed by atoms with Crippen LogP contribution in [-0.4, -0.2) is 19.4 Å². The highest BCUT2D eigenvalue weighted by Gasteiger charge is 2.33. The lowest BCUT2D eigenvalue weighted by molar-refractivity contribution is 0.576. The van der Waals surface area contributed by atoms with E-state index in [2.05, 4.69) is 5.32 Å². The summed E-state index contributed by atoms with van der Waals surface area (Å²) in [6.07, 6.45) is 2.98. The van der Waals surface area contributed by atoms with Gasteiger partial charge in [0.2, 0.25) is 0 Å². The first kappa shape index (κ1) is 18.8. The SMILES string of the molecule is CNC1CCc2c1cn(S(=O)(=O)c1cccc(F)c1)c2-c1ccc(C)cc1F. The van der Waals surface area contributed by atoms with Gasteiger partial charge in [-0.3, -0.25) is 0 Å². The second kappa shape index (κ2) is 6.83. The number of benzene rings is 2. The molecule has 0 amide bonds. The van der Waals surface area contributed by atoms with Gasteiger partial charge < -0.3 is 5.32 Å². The zero-order valence-corrected chi connectivity index (χ0v) is 16.4. The summed E-state index contributed by atoms with van der Waals surface area (Å²) in [6, 6.07) is 9.59.